The smallest absolute Gasteiger partial charge is 0.321 e. The summed E-state index contributed by atoms with van der Waals surface area (Å²) in [6, 6.07) is -0.993. The highest BCUT2D eigenvalue weighted by Gasteiger charge is 2.47. The Morgan fingerprint density at radius 3 is 3.00 bits per heavy atom. The minimum absolute atomic E-state index is 0.0961. The average Bonchev–Trinajstić information content (AvgIpc) is 3.06. The Labute approximate surface area is 125 Å². The second kappa shape index (κ2) is 5.27. The number of aromatic nitrogens is 1. The number of carbonyl (C=O) groups excluding carboxylic acids is 1. The summed E-state index contributed by atoms with van der Waals surface area (Å²) in [5, 5.41) is 15.2. The highest BCUT2D eigenvalue weighted by Crippen LogP contribution is 2.31. The molecular formula is C13H17N3O4S. The molecule has 7 nitrogen and oxygen atoms in total. The molecule has 1 aromatic rings. The summed E-state index contributed by atoms with van der Waals surface area (Å²) >= 11 is 1.48. The summed E-state index contributed by atoms with van der Waals surface area (Å²) in [5.74, 6) is -0.974. The van der Waals surface area contributed by atoms with E-state index in [4.69, 9.17) is 4.74 Å². The van der Waals surface area contributed by atoms with Gasteiger partial charge in [-0.15, -0.1) is 11.3 Å². The number of ether oxygens (including phenoxy) is 1. The molecule has 21 heavy (non-hydrogen) atoms. The van der Waals surface area contributed by atoms with Crippen LogP contribution in [-0.2, 0) is 22.4 Å². The second-order valence-corrected chi connectivity index (χ2v) is 6.71. The summed E-state index contributed by atoms with van der Waals surface area (Å²) in [6.45, 7) is 1.87. The van der Waals surface area contributed by atoms with Gasteiger partial charge in [-0.1, -0.05) is 0 Å². The van der Waals surface area contributed by atoms with Crippen molar-refractivity contribution in [3.63, 3.8) is 0 Å². The van der Waals surface area contributed by atoms with Gasteiger partial charge in [-0.25, -0.2) is 9.78 Å². The number of hydrogen-bond donors (Lipinski definition) is 3. The highest BCUT2D eigenvalue weighted by atomic mass is 32.1. The molecule has 3 N–H and O–H groups in total. The van der Waals surface area contributed by atoms with Crippen LogP contribution in [0.3, 0.4) is 0 Å². The van der Waals surface area contributed by atoms with Gasteiger partial charge in [0.25, 0.3) is 0 Å². The number of carboxylic acids is 1. The molecule has 1 saturated heterocycles. The van der Waals surface area contributed by atoms with E-state index in [0.29, 0.717) is 5.13 Å². The molecule has 1 aliphatic carbocycles. The molecule has 2 atom stereocenters. The van der Waals surface area contributed by atoms with E-state index in [1.165, 1.54) is 16.2 Å². The maximum Gasteiger partial charge on any atom is 0.321 e. The van der Waals surface area contributed by atoms with Crippen LogP contribution in [0.1, 0.15) is 23.9 Å². The number of fused-ring (bicyclic) bond motifs is 1. The fraction of sp³-hybridized carbons (Fsp3) is 0.615. The van der Waals surface area contributed by atoms with Gasteiger partial charge >= 0.3 is 12.0 Å². The predicted molar refractivity (Wildman–Crippen MR) is 76.6 cm³/mol. The number of aliphatic carboxylic acids is 1. The molecule has 0 radical (unpaired) electrons. The molecule has 0 spiro atoms. The Hall–Kier alpha value is -1.67. The zero-order valence-electron chi connectivity index (χ0n) is 11.6. The van der Waals surface area contributed by atoms with Crippen LogP contribution < -0.4 is 10.6 Å². The van der Waals surface area contributed by atoms with Gasteiger partial charge in [-0.2, -0.15) is 0 Å². The monoisotopic (exact) mass is 311 g/mol. The molecule has 1 aromatic heterocycles. The van der Waals surface area contributed by atoms with E-state index in [0.717, 1.165) is 25.0 Å². The molecule has 1 fully saturated rings. The lowest BCUT2D eigenvalue weighted by Crippen LogP contribution is -2.50. The summed E-state index contributed by atoms with van der Waals surface area (Å²) in [7, 11) is 0. The van der Waals surface area contributed by atoms with Crippen LogP contribution in [0.15, 0.2) is 0 Å². The van der Waals surface area contributed by atoms with Crippen LogP contribution in [0, 0.1) is 5.41 Å². The zero-order chi connectivity index (χ0) is 15.0. The van der Waals surface area contributed by atoms with Crippen molar-refractivity contribution >= 4 is 28.5 Å². The number of nitrogens with zero attached hydrogens (tertiary/aromatic N) is 1. The summed E-state index contributed by atoms with van der Waals surface area (Å²) in [6.07, 6.45) is 3.10. The number of thiazole rings is 1. The van der Waals surface area contributed by atoms with Crippen LogP contribution in [0.25, 0.3) is 0 Å². The third kappa shape index (κ3) is 2.60. The molecule has 2 aliphatic rings. The first-order valence-electron chi connectivity index (χ1n) is 6.86. The fourth-order valence-corrected chi connectivity index (χ4v) is 3.67. The molecule has 2 heterocycles. The quantitative estimate of drug-likeness (QED) is 0.780. The predicted octanol–water partition coefficient (Wildman–Crippen LogP) is 1.24. The third-order valence-electron chi connectivity index (χ3n) is 4.07. The van der Waals surface area contributed by atoms with Crippen molar-refractivity contribution in [2.75, 3.05) is 18.5 Å². The number of nitrogens with one attached hydrogen (secondary N) is 2. The van der Waals surface area contributed by atoms with Gasteiger partial charge in [0.2, 0.25) is 0 Å². The van der Waals surface area contributed by atoms with Crippen LogP contribution in [0.5, 0.6) is 0 Å². The van der Waals surface area contributed by atoms with Crippen LogP contribution >= 0.6 is 11.3 Å². The lowest BCUT2D eigenvalue weighted by Gasteiger charge is -2.25. The van der Waals surface area contributed by atoms with E-state index >= 15 is 0 Å². The van der Waals surface area contributed by atoms with Gasteiger partial charge in [-0.3, -0.25) is 10.1 Å². The van der Waals surface area contributed by atoms with Crippen molar-refractivity contribution in [1.29, 1.82) is 0 Å². The van der Waals surface area contributed by atoms with Crippen molar-refractivity contribution < 1.29 is 19.4 Å². The van der Waals surface area contributed by atoms with Gasteiger partial charge in [0.05, 0.1) is 24.9 Å². The maximum atomic E-state index is 12.0. The minimum atomic E-state index is -1.10. The van der Waals surface area contributed by atoms with E-state index in [9.17, 15) is 14.7 Å². The van der Waals surface area contributed by atoms with E-state index in [1.807, 2.05) is 0 Å². The number of aryl methyl sites for hydroxylation is 2. The molecule has 0 bridgehead atoms. The first-order valence-corrected chi connectivity index (χ1v) is 7.68. The Morgan fingerprint density at radius 2 is 2.29 bits per heavy atom. The van der Waals surface area contributed by atoms with Gasteiger partial charge < -0.3 is 15.2 Å². The van der Waals surface area contributed by atoms with Crippen molar-refractivity contribution in [2.24, 2.45) is 5.41 Å². The van der Waals surface area contributed by atoms with Crippen molar-refractivity contribution in [3.8, 4) is 0 Å². The molecule has 1 aliphatic heterocycles. The Kier molecular flexibility index (Phi) is 3.58. The summed E-state index contributed by atoms with van der Waals surface area (Å²) in [5.41, 5.74) is -0.0306. The lowest BCUT2D eigenvalue weighted by molar-refractivity contribution is -0.148. The average molecular weight is 311 g/mol. The third-order valence-corrected chi connectivity index (χ3v) is 5.14. The summed E-state index contributed by atoms with van der Waals surface area (Å²) < 4.78 is 5.20. The van der Waals surface area contributed by atoms with Gasteiger partial charge in [0.15, 0.2) is 5.13 Å². The lowest BCUT2D eigenvalue weighted by atomic mass is 9.85. The number of amides is 2. The van der Waals surface area contributed by atoms with Gasteiger partial charge in [0, 0.05) is 4.88 Å². The number of rotatable bonds is 3. The topological polar surface area (TPSA) is 101 Å². The second-order valence-electron chi connectivity index (χ2n) is 5.63. The zero-order valence-corrected chi connectivity index (χ0v) is 12.5. The normalized spacial score (nSPS) is 27.4. The minimum Gasteiger partial charge on any atom is -0.481 e. The number of hydrogen-bond acceptors (Lipinski definition) is 5. The molecule has 0 saturated carbocycles. The number of carboxylic acid groups (broad SMARTS) is 1. The van der Waals surface area contributed by atoms with Gasteiger partial charge in [0.1, 0.15) is 5.41 Å². The van der Waals surface area contributed by atoms with E-state index < -0.39 is 23.5 Å². The van der Waals surface area contributed by atoms with Crippen molar-refractivity contribution in [3.05, 3.63) is 10.6 Å². The highest BCUT2D eigenvalue weighted by molar-refractivity contribution is 7.15. The Bertz CT molecular complexity index is 566. The summed E-state index contributed by atoms with van der Waals surface area (Å²) in [4.78, 5) is 28.9. The van der Waals surface area contributed by atoms with E-state index in [-0.39, 0.29) is 13.2 Å². The maximum absolute atomic E-state index is 12.0. The number of urea groups is 1. The first-order chi connectivity index (χ1) is 9.99. The molecule has 3 rings (SSSR count). The van der Waals surface area contributed by atoms with Crippen molar-refractivity contribution in [1.82, 2.24) is 10.3 Å². The first kappa shape index (κ1) is 14.3. The Morgan fingerprint density at radius 1 is 1.48 bits per heavy atom. The standard InChI is InChI=1S/C13H17N3O4S/c1-13(10(17)18)6-20-5-9(13)15-11(19)16-12-14-7-3-2-4-8(7)21-12/h9H,2-6H2,1H3,(H,17,18)(H2,14,15,16,19). The fourth-order valence-electron chi connectivity index (χ4n) is 2.62. The molecule has 114 valence electrons. The van der Waals surface area contributed by atoms with E-state index in [2.05, 4.69) is 15.6 Å². The molecule has 2 unspecified atom stereocenters. The number of carbonyl (C=O) groups is 2. The molecular weight excluding hydrogens is 294 g/mol. The van der Waals surface area contributed by atoms with Crippen molar-refractivity contribution in [2.45, 2.75) is 32.2 Å². The molecule has 0 aromatic carbocycles. The SMILES string of the molecule is CC1(C(=O)O)COCC1NC(=O)Nc1nc2c(s1)CCC2. The van der Waals surface area contributed by atoms with Crippen LogP contribution in [0.4, 0.5) is 9.93 Å². The van der Waals surface area contributed by atoms with E-state index in [1.54, 1.807) is 6.92 Å². The van der Waals surface area contributed by atoms with Crippen LogP contribution in [0.2, 0.25) is 0 Å². The van der Waals surface area contributed by atoms with Crippen LogP contribution in [-0.4, -0.2) is 41.3 Å². The van der Waals surface area contributed by atoms with Gasteiger partial charge in [-0.05, 0) is 26.2 Å². The molecule has 2 amide bonds. The molecule has 8 heteroatoms. The number of anilines is 1. The largest absolute Gasteiger partial charge is 0.481 e. The Balaban J connectivity index is 1.62.